The molecule has 74 valence electrons. The van der Waals surface area contributed by atoms with Crippen molar-refractivity contribution >= 4 is 5.84 Å². The Morgan fingerprint density at radius 3 is 2.85 bits per heavy atom. The number of rotatable bonds is 6. The molecule has 0 heterocycles. The van der Waals surface area contributed by atoms with E-state index in [0.29, 0.717) is 12.3 Å². The Morgan fingerprint density at radius 1 is 1.69 bits per heavy atom. The average molecular weight is 183 g/mol. The van der Waals surface area contributed by atoms with E-state index < -0.39 is 0 Å². The smallest absolute Gasteiger partial charge is 0.139 e. The van der Waals surface area contributed by atoms with Crippen molar-refractivity contribution < 1.29 is 5.21 Å². The highest BCUT2D eigenvalue weighted by Crippen LogP contribution is 2.48. The Balaban J connectivity index is 2.26. The van der Waals surface area contributed by atoms with Gasteiger partial charge in [-0.15, -0.1) is 6.58 Å². The zero-order chi connectivity index (χ0) is 9.73. The van der Waals surface area contributed by atoms with Gasteiger partial charge in [-0.3, -0.25) is 0 Å². The van der Waals surface area contributed by atoms with Gasteiger partial charge in [0.15, 0.2) is 0 Å². The number of nitrogens with one attached hydrogen (secondary N) is 1. The third kappa shape index (κ3) is 3.06. The van der Waals surface area contributed by atoms with Crippen molar-refractivity contribution in [2.75, 3.05) is 13.1 Å². The lowest BCUT2D eigenvalue weighted by molar-refractivity contribution is 0.314. The van der Waals surface area contributed by atoms with Crippen molar-refractivity contribution in [2.45, 2.75) is 19.3 Å². The van der Waals surface area contributed by atoms with Crippen LogP contribution in [0.15, 0.2) is 17.8 Å². The summed E-state index contributed by atoms with van der Waals surface area (Å²) in [5, 5.41) is 14.7. The molecule has 4 nitrogen and oxygen atoms in total. The number of nitrogens with zero attached hydrogens (tertiary/aromatic N) is 1. The molecule has 0 aromatic heterocycles. The van der Waals surface area contributed by atoms with Gasteiger partial charge in [0, 0.05) is 19.5 Å². The van der Waals surface area contributed by atoms with E-state index in [0.717, 1.165) is 25.9 Å². The predicted octanol–water partition coefficient (Wildman–Crippen LogP) is 0.679. The number of amidine groups is 1. The van der Waals surface area contributed by atoms with Crippen LogP contribution in [0.25, 0.3) is 0 Å². The Hall–Kier alpha value is -1.03. The van der Waals surface area contributed by atoms with Gasteiger partial charge in [-0.2, -0.15) is 0 Å². The number of hydrogen-bond donors (Lipinski definition) is 3. The Kier molecular flexibility index (Phi) is 3.31. The minimum absolute atomic E-state index is 0.249. The first-order chi connectivity index (χ1) is 6.22. The number of oxime groups is 1. The fraction of sp³-hybridized carbons (Fsp3) is 0.667. The first-order valence-corrected chi connectivity index (χ1v) is 4.50. The highest BCUT2D eigenvalue weighted by atomic mass is 16.4. The molecular formula is C9H17N3O. The zero-order valence-electron chi connectivity index (χ0n) is 7.79. The molecule has 1 rings (SSSR count). The molecule has 13 heavy (non-hydrogen) atoms. The van der Waals surface area contributed by atoms with Crippen LogP contribution in [0.3, 0.4) is 0 Å². The molecule has 4 N–H and O–H groups in total. The molecule has 0 atom stereocenters. The summed E-state index contributed by atoms with van der Waals surface area (Å²) in [5.41, 5.74) is 5.70. The van der Waals surface area contributed by atoms with Crippen LogP contribution in [-0.2, 0) is 0 Å². The molecule has 0 aromatic rings. The molecular weight excluding hydrogens is 166 g/mol. The van der Waals surface area contributed by atoms with Gasteiger partial charge in [0.25, 0.3) is 0 Å². The van der Waals surface area contributed by atoms with E-state index in [1.165, 1.54) is 0 Å². The molecule has 1 aliphatic carbocycles. The molecule has 1 aliphatic rings. The zero-order valence-corrected chi connectivity index (χ0v) is 7.79. The minimum atomic E-state index is 0.249. The van der Waals surface area contributed by atoms with Gasteiger partial charge in [-0.1, -0.05) is 11.2 Å². The average Bonchev–Trinajstić information content (AvgIpc) is 2.86. The normalized spacial score (nSPS) is 19.8. The van der Waals surface area contributed by atoms with Gasteiger partial charge < -0.3 is 16.3 Å². The third-order valence-electron chi connectivity index (χ3n) is 2.43. The second-order valence-corrected chi connectivity index (χ2v) is 3.69. The molecule has 0 aliphatic heterocycles. The van der Waals surface area contributed by atoms with Crippen molar-refractivity contribution in [1.29, 1.82) is 0 Å². The molecule has 0 spiro atoms. The van der Waals surface area contributed by atoms with Gasteiger partial charge in [0.1, 0.15) is 5.84 Å². The van der Waals surface area contributed by atoms with Crippen molar-refractivity contribution in [1.82, 2.24) is 5.32 Å². The molecule has 1 fully saturated rings. The van der Waals surface area contributed by atoms with E-state index in [1.54, 1.807) is 0 Å². The Bertz CT molecular complexity index is 209. The number of hydrogen-bond acceptors (Lipinski definition) is 3. The minimum Gasteiger partial charge on any atom is -0.409 e. The van der Waals surface area contributed by atoms with Gasteiger partial charge >= 0.3 is 0 Å². The molecule has 4 heteroatoms. The number of nitrogens with two attached hydrogens (primary N) is 1. The van der Waals surface area contributed by atoms with Crippen LogP contribution in [0.4, 0.5) is 0 Å². The summed E-state index contributed by atoms with van der Waals surface area (Å²) >= 11 is 0. The maximum atomic E-state index is 8.42. The van der Waals surface area contributed by atoms with Crippen molar-refractivity contribution in [3.05, 3.63) is 12.7 Å². The first kappa shape index (κ1) is 10.1. The van der Waals surface area contributed by atoms with Gasteiger partial charge in [0.05, 0.1) is 0 Å². The third-order valence-corrected chi connectivity index (χ3v) is 2.43. The molecule has 0 bridgehead atoms. The van der Waals surface area contributed by atoms with E-state index >= 15 is 0 Å². The van der Waals surface area contributed by atoms with Crippen LogP contribution in [0.1, 0.15) is 19.3 Å². The Morgan fingerprint density at radius 2 is 2.38 bits per heavy atom. The second-order valence-electron chi connectivity index (χ2n) is 3.69. The van der Waals surface area contributed by atoms with Crippen molar-refractivity contribution in [3.8, 4) is 0 Å². The van der Waals surface area contributed by atoms with E-state index in [2.05, 4.69) is 17.1 Å². The van der Waals surface area contributed by atoms with E-state index in [4.69, 9.17) is 10.9 Å². The summed E-state index contributed by atoms with van der Waals surface area (Å²) in [4.78, 5) is 0. The summed E-state index contributed by atoms with van der Waals surface area (Å²) in [6.45, 7) is 5.37. The second kappa shape index (κ2) is 4.28. The topological polar surface area (TPSA) is 70.6 Å². The molecule has 0 saturated heterocycles. The summed E-state index contributed by atoms with van der Waals surface area (Å²) < 4.78 is 0. The van der Waals surface area contributed by atoms with E-state index in [1.807, 2.05) is 6.08 Å². The van der Waals surface area contributed by atoms with Crippen molar-refractivity contribution in [3.63, 3.8) is 0 Å². The van der Waals surface area contributed by atoms with Crippen LogP contribution in [0, 0.1) is 5.41 Å². The Labute approximate surface area is 78.5 Å². The van der Waals surface area contributed by atoms with Gasteiger partial charge in [-0.25, -0.2) is 0 Å². The summed E-state index contributed by atoms with van der Waals surface area (Å²) in [7, 11) is 0. The fourth-order valence-corrected chi connectivity index (χ4v) is 1.45. The predicted molar refractivity (Wildman–Crippen MR) is 52.8 cm³/mol. The maximum Gasteiger partial charge on any atom is 0.139 e. The van der Waals surface area contributed by atoms with Crippen molar-refractivity contribution in [2.24, 2.45) is 16.3 Å². The molecule has 0 aromatic carbocycles. The lowest BCUT2D eigenvalue weighted by atomic mass is 10.0. The van der Waals surface area contributed by atoms with E-state index in [9.17, 15) is 0 Å². The van der Waals surface area contributed by atoms with Crippen LogP contribution >= 0.6 is 0 Å². The fourth-order valence-electron chi connectivity index (χ4n) is 1.45. The lowest BCUT2D eigenvalue weighted by Crippen LogP contribution is -2.28. The van der Waals surface area contributed by atoms with Crippen LogP contribution in [0.5, 0.6) is 0 Å². The van der Waals surface area contributed by atoms with E-state index in [-0.39, 0.29) is 5.41 Å². The standard InChI is InChI=1S/C9H17N3O/c1-2-5-11-7-9(3-4-9)6-8(10)12-13/h2,11,13H,1,3-7H2,(H2,10,12). The van der Waals surface area contributed by atoms with Gasteiger partial charge in [0.2, 0.25) is 0 Å². The maximum absolute atomic E-state index is 8.42. The first-order valence-electron chi connectivity index (χ1n) is 4.50. The molecule has 0 amide bonds. The van der Waals surface area contributed by atoms with Crippen LogP contribution in [0.2, 0.25) is 0 Å². The largest absolute Gasteiger partial charge is 0.409 e. The summed E-state index contributed by atoms with van der Waals surface area (Å²) in [6.07, 6.45) is 4.84. The monoisotopic (exact) mass is 183 g/mol. The van der Waals surface area contributed by atoms with Crippen LogP contribution < -0.4 is 11.1 Å². The summed E-state index contributed by atoms with van der Waals surface area (Å²) in [6, 6.07) is 0. The highest BCUT2D eigenvalue weighted by molar-refractivity contribution is 5.80. The van der Waals surface area contributed by atoms with Gasteiger partial charge in [-0.05, 0) is 18.3 Å². The molecule has 0 radical (unpaired) electrons. The lowest BCUT2D eigenvalue weighted by Gasteiger charge is -2.13. The summed E-state index contributed by atoms with van der Waals surface area (Å²) in [5.74, 6) is 0.331. The highest BCUT2D eigenvalue weighted by Gasteiger charge is 2.42. The quantitative estimate of drug-likeness (QED) is 0.142. The SMILES string of the molecule is C=CCNCC1(CC(N)=NO)CC1. The molecule has 1 saturated carbocycles. The van der Waals surface area contributed by atoms with Crippen LogP contribution in [-0.4, -0.2) is 24.1 Å². The molecule has 0 unspecified atom stereocenters.